The van der Waals surface area contributed by atoms with Crippen molar-refractivity contribution in [2.45, 2.75) is 13.3 Å². The number of hydrogen-bond acceptors (Lipinski definition) is 4. The first-order chi connectivity index (χ1) is 9.38. The molecule has 1 N–H and O–H groups in total. The van der Waals surface area contributed by atoms with Gasteiger partial charge in [-0.15, -0.1) is 5.10 Å². The molecule has 0 bridgehead atoms. The Kier molecular flexibility index (Phi) is 3.10. The molecule has 0 aliphatic carbocycles. The maximum atomic E-state index is 4.55. The van der Waals surface area contributed by atoms with E-state index in [1.54, 1.807) is 4.68 Å². The second-order valence-electron chi connectivity index (χ2n) is 4.30. The summed E-state index contributed by atoms with van der Waals surface area (Å²) in [6, 6.07) is 13.7. The molecule has 96 valence electrons. The van der Waals surface area contributed by atoms with Crippen molar-refractivity contribution in [3.05, 3.63) is 42.5 Å². The van der Waals surface area contributed by atoms with Gasteiger partial charge < -0.3 is 5.32 Å². The Morgan fingerprint density at radius 3 is 2.89 bits per heavy atom. The van der Waals surface area contributed by atoms with Gasteiger partial charge in [-0.3, -0.25) is 0 Å². The third kappa shape index (κ3) is 2.27. The Balaban J connectivity index is 2.01. The lowest BCUT2D eigenvalue weighted by molar-refractivity contribution is 0.801. The number of hydrogen-bond donors (Lipinski definition) is 1. The van der Waals surface area contributed by atoms with Gasteiger partial charge in [0.1, 0.15) is 11.3 Å². The summed E-state index contributed by atoms with van der Waals surface area (Å²) in [6.07, 6.45) is 1.07. The van der Waals surface area contributed by atoms with E-state index in [1.807, 2.05) is 42.5 Å². The molecule has 19 heavy (non-hydrogen) atoms. The summed E-state index contributed by atoms with van der Waals surface area (Å²) in [7, 11) is 0. The first-order valence-corrected chi connectivity index (χ1v) is 6.40. The fraction of sp³-hybridized carbons (Fsp3) is 0.214. The van der Waals surface area contributed by atoms with Gasteiger partial charge in [0.2, 0.25) is 0 Å². The molecule has 0 radical (unpaired) electrons. The molecule has 0 spiro atoms. The minimum atomic E-state index is 0.773. The summed E-state index contributed by atoms with van der Waals surface area (Å²) in [5.74, 6) is 1.63. The quantitative estimate of drug-likeness (QED) is 0.776. The van der Waals surface area contributed by atoms with E-state index < -0.39 is 0 Å². The molecule has 0 unspecified atom stereocenters. The number of fused-ring (bicyclic) bond motifs is 1. The van der Waals surface area contributed by atoms with Gasteiger partial charge in [0, 0.05) is 6.54 Å². The van der Waals surface area contributed by atoms with Crippen LogP contribution in [0.3, 0.4) is 0 Å². The average molecular weight is 253 g/mol. The lowest BCUT2D eigenvalue weighted by Gasteiger charge is -2.06. The van der Waals surface area contributed by atoms with Crippen LogP contribution >= 0.6 is 0 Å². The summed E-state index contributed by atoms with van der Waals surface area (Å²) in [4.78, 5) is 4.55. The number of anilines is 1. The number of rotatable bonds is 4. The van der Waals surface area contributed by atoms with Crippen molar-refractivity contribution >= 4 is 16.9 Å². The Hall–Kier alpha value is -2.43. The van der Waals surface area contributed by atoms with Crippen LogP contribution in [0.5, 0.6) is 0 Å². The number of nitrogens with one attached hydrogen (secondary N) is 1. The molecule has 0 atom stereocenters. The molecule has 0 aliphatic rings. The molecule has 3 aromatic rings. The third-order valence-electron chi connectivity index (χ3n) is 2.86. The lowest BCUT2D eigenvalue weighted by atomic mass is 10.3. The molecule has 0 aliphatic heterocycles. The van der Waals surface area contributed by atoms with Crippen molar-refractivity contribution in [2.24, 2.45) is 0 Å². The maximum absolute atomic E-state index is 4.55. The number of nitrogens with zero attached hydrogens (tertiary/aromatic N) is 4. The van der Waals surface area contributed by atoms with Gasteiger partial charge in [-0.05, 0) is 30.7 Å². The average Bonchev–Trinajstić information content (AvgIpc) is 2.89. The highest BCUT2D eigenvalue weighted by Crippen LogP contribution is 2.15. The second-order valence-corrected chi connectivity index (χ2v) is 4.30. The minimum Gasteiger partial charge on any atom is -0.370 e. The topological polar surface area (TPSA) is 55.6 Å². The van der Waals surface area contributed by atoms with E-state index in [-0.39, 0.29) is 0 Å². The van der Waals surface area contributed by atoms with Crippen LogP contribution in [0, 0.1) is 0 Å². The minimum absolute atomic E-state index is 0.773. The highest BCUT2D eigenvalue weighted by atomic mass is 15.4. The number of pyridine rings is 1. The fourth-order valence-corrected chi connectivity index (χ4v) is 1.93. The molecule has 2 aromatic heterocycles. The molecule has 0 saturated heterocycles. The molecule has 0 amide bonds. The zero-order chi connectivity index (χ0) is 13.1. The van der Waals surface area contributed by atoms with Crippen LogP contribution in [-0.4, -0.2) is 26.5 Å². The third-order valence-corrected chi connectivity index (χ3v) is 2.86. The van der Waals surface area contributed by atoms with Crippen LogP contribution in [0.2, 0.25) is 0 Å². The first kappa shape index (κ1) is 11.6. The van der Waals surface area contributed by atoms with Crippen molar-refractivity contribution in [1.82, 2.24) is 20.0 Å². The van der Waals surface area contributed by atoms with Crippen molar-refractivity contribution in [3.8, 4) is 5.82 Å². The standard InChI is InChI=1S/C14H15N5/c1-2-10-15-13-8-5-9-14(16-13)19-12-7-4-3-6-11(12)17-18-19/h3-9H,2,10H2,1H3,(H,15,16). The van der Waals surface area contributed by atoms with E-state index in [1.165, 1.54) is 0 Å². The predicted molar refractivity (Wildman–Crippen MR) is 75.4 cm³/mol. The van der Waals surface area contributed by atoms with Gasteiger partial charge in [-0.2, -0.15) is 4.68 Å². The maximum Gasteiger partial charge on any atom is 0.158 e. The van der Waals surface area contributed by atoms with Crippen molar-refractivity contribution in [3.63, 3.8) is 0 Å². The highest BCUT2D eigenvalue weighted by molar-refractivity contribution is 5.75. The lowest BCUT2D eigenvalue weighted by Crippen LogP contribution is -2.05. The van der Waals surface area contributed by atoms with E-state index in [0.717, 1.165) is 35.6 Å². The summed E-state index contributed by atoms with van der Waals surface area (Å²) in [6.45, 7) is 3.04. The summed E-state index contributed by atoms with van der Waals surface area (Å²) < 4.78 is 1.76. The molecule has 5 heteroatoms. The molecule has 1 aromatic carbocycles. The van der Waals surface area contributed by atoms with Crippen molar-refractivity contribution < 1.29 is 0 Å². The second kappa shape index (κ2) is 5.06. The highest BCUT2D eigenvalue weighted by Gasteiger charge is 2.07. The van der Waals surface area contributed by atoms with E-state index in [4.69, 9.17) is 0 Å². The SMILES string of the molecule is CCCNc1cccc(-n2nnc3ccccc32)n1. The normalized spacial score (nSPS) is 10.8. The van der Waals surface area contributed by atoms with Crippen LogP contribution < -0.4 is 5.32 Å². The Bertz CT molecular complexity index is 689. The predicted octanol–water partition coefficient (Wildman–Crippen LogP) is 2.64. The van der Waals surface area contributed by atoms with Gasteiger partial charge in [-0.1, -0.05) is 30.3 Å². The smallest absolute Gasteiger partial charge is 0.158 e. The Labute approximate surface area is 111 Å². The van der Waals surface area contributed by atoms with Crippen LogP contribution in [0.1, 0.15) is 13.3 Å². The summed E-state index contributed by atoms with van der Waals surface area (Å²) in [5.41, 5.74) is 1.83. The van der Waals surface area contributed by atoms with E-state index in [2.05, 4.69) is 27.5 Å². The van der Waals surface area contributed by atoms with Gasteiger partial charge in [0.25, 0.3) is 0 Å². The van der Waals surface area contributed by atoms with Crippen molar-refractivity contribution in [2.75, 3.05) is 11.9 Å². The van der Waals surface area contributed by atoms with E-state index in [0.29, 0.717) is 0 Å². The molecule has 2 heterocycles. The molecule has 5 nitrogen and oxygen atoms in total. The van der Waals surface area contributed by atoms with Crippen molar-refractivity contribution in [1.29, 1.82) is 0 Å². The van der Waals surface area contributed by atoms with Gasteiger partial charge in [0.05, 0.1) is 5.52 Å². The first-order valence-electron chi connectivity index (χ1n) is 6.40. The number of para-hydroxylation sites is 1. The fourth-order valence-electron chi connectivity index (χ4n) is 1.93. The van der Waals surface area contributed by atoms with E-state index >= 15 is 0 Å². The molecule has 3 rings (SSSR count). The van der Waals surface area contributed by atoms with Crippen LogP contribution in [0.4, 0.5) is 5.82 Å². The zero-order valence-corrected chi connectivity index (χ0v) is 10.7. The molecule has 0 saturated carbocycles. The largest absolute Gasteiger partial charge is 0.370 e. The van der Waals surface area contributed by atoms with Gasteiger partial charge >= 0.3 is 0 Å². The van der Waals surface area contributed by atoms with Gasteiger partial charge in [0.15, 0.2) is 5.82 Å². The molecular formula is C14H15N5. The summed E-state index contributed by atoms with van der Waals surface area (Å²) >= 11 is 0. The monoisotopic (exact) mass is 253 g/mol. The Morgan fingerprint density at radius 1 is 1.11 bits per heavy atom. The van der Waals surface area contributed by atoms with Gasteiger partial charge in [-0.25, -0.2) is 4.98 Å². The van der Waals surface area contributed by atoms with Crippen LogP contribution in [-0.2, 0) is 0 Å². The van der Waals surface area contributed by atoms with E-state index in [9.17, 15) is 0 Å². The zero-order valence-electron chi connectivity index (χ0n) is 10.7. The van der Waals surface area contributed by atoms with Crippen LogP contribution in [0.25, 0.3) is 16.9 Å². The molecule has 0 fully saturated rings. The number of benzene rings is 1. The molecular weight excluding hydrogens is 238 g/mol. The Morgan fingerprint density at radius 2 is 2.00 bits per heavy atom. The van der Waals surface area contributed by atoms with Crippen LogP contribution in [0.15, 0.2) is 42.5 Å². The summed E-state index contributed by atoms with van der Waals surface area (Å²) in [5, 5.41) is 11.6. The number of aromatic nitrogens is 4.